The molecule has 0 unspecified atom stereocenters. The van der Waals surface area contributed by atoms with Crippen molar-refractivity contribution in [2.75, 3.05) is 20.3 Å². The van der Waals surface area contributed by atoms with Crippen LogP contribution < -0.4 is 10.5 Å². The van der Waals surface area contributed by atoms with Crippen molar-refractivity contribution in [1.82, 2.24) is 0 Å². The molecule has 0 atom stereocenters. The van der Waals surface area contributed by atoms with Crippen molar-refractivity contribution in [2.24, 2.45) is 5.73 Å². The van der Waals surface area contributed by atoms with Crippen LogP contribution >= 0.6 is 0 Å². The maximum absolute atomic E-state index is 11.6. The van der Waals surface area contributed by atoms with Crippen LogP contribution in [0.25, 0.3) is 0 Å². The average molecular weight is 221 g/mol. The van der Waals surface area contributed by atoms with Crippen LogP contribution in [0.2, 0.25) is 0 Å². The minimum absolute atomic E-state index is 0.335. The van der Waals surface area contributed by atoms with Gasteiger partial charge < -0.3 is 15.2 Å². The van der Waals surface area contributed by atoms with Gasteiger partial charge in [0.25, 0.3) is 0 Å². The zero-order chi connectivity index (χ0) is 11.8. The molecule has 1 aromatic carbocycles. The van der Waals surface area contributed by atoms with Crippen molar-refractivity contribution in [2.45, 2.75) is 12.3 Å². The van der Waals surface area contributed by atoms with Crippen molar-refractivity contribution in [1.29, 1.82) is 0 Å². The van der Waals surface area contributed by atoms with E-state index in [4.69, 9.17) is 15.2 Å². The number of hydrogen-bond donors (Lipinski definition) is 1. The number of nitrogens with two attached hydrogens (primary N) is 1. The maximum Gasteiger partial charge on any atom is 0.232 e. The highest BCUT2D eigenvalue weighted by Gasteiger charge is 2.47. The Bertz CT molecular complexity index is 424. The second kappa shape index (κ2) is 3.79. The Morgan fingerprint density at radius 2 is 2.19 bits per heavy atom. The summed E-state index contributed by atoms with van der Waals surface area (Å²) in [6.07, 6.45) is 0. The molecule has 0 spiro atoms. The first kappa shape index (κ1) is 11.0. The molecule has 1 aliphatic rings. The molecule has 1 aromatic rings. The third-order valence-electron chi connectivity index (χ3n) is 3.04. The molecule has 86 valence electrons. The normalized spacial score (nSPS) is 17.6. The fourth-order valence-corrected chi connectivity index (χ4v) is 1.93. The van der Waals surface area contributed by atoms with E-state index in [1.165, 1.54) is 0 Å². The smallest absolute Gasteiger partial charge is 0.232 e. The van der Waals surface area contributed by atoms with Crippen LogP contribution in [0.4, 0.5) is 0 Å². The first-order valence-electron chi connectivity index (χ1n) is 5.13. The quantitative estimate of drug-likeness (QED) is 0.819. The van der Waals surface area contributed by atoms with E-state index in [0.29, 0.717) is 19.0 Å². The molecule has 2 rings (SSSR count). The van der Waals surface area contributed by atoms with Gasteiger partial charge in [0.1, 0.15) is 11.2 Å². The Morgan fingerprint density at radius 1 is 1.50 bits per heavy atom. The van der Waals surface area contributed by atoms with E-state index >= 15 is 0 Å². The summed E-state index contributed by atoms with van der Waals surface area (Å²) in [5.74, 6) is 0.329. The lowest BCUT2D eigenvalue weighted by molar-refractivity contribution is -0.141. The number of carbonyl (C=O) groups is 1. The lowest BCUT2D eigenvalue weighted by atomic mass is 9.77. The molecule has 4 heteroatoms. The molecule has 2 N–H and O–H groups in total. The Balaban J connectivity index is 2.52. The first-order chi connectivity index (χ1) is 7.60. The van der Waals surface area contributed by atoms with Crippen LogP contribution in [0.15, 0.2) is 18.2 Å². The highest BCUT2D eigenvalue weighted by atomic mass is 16.5. The highest BCUT2D eigenvalue weighted by molar-refractivity contribution is 5.89. The van der Waals surface area contributed by atoms with Crippen LogP contribution in [0.3, 0.4) is 0 Å². The summed E-state index contributed by atoms with van der Waals surface area (Å²) >= 11 is 0. The molecule has 16 heavy (non-hydrogen) atoms. The number of aryl methyl sites for hydroxylation is 1. The summed E-state index contributed by atoms with van der Waals surface area (Å²) in [5, 5.41) is 0. The predicted octanol–water partition coefficient (Wildman–Crippen LogP) is 0.757. The van der Waals surface area contributed by atoms with E-state index in [2.05, 4.69) is 0 Å². The largest absolute Gasteiger partial charge is 0.496 e. The summed E-state index contributed by atoms with van der Waals surface area (Å²) in [4.78, 5) is 11.6. The van der Waals surface area contributed by atoms with E-state index in [-0.39, 0.29) is 5.91 Å². The van der Waals surface area contributed by atoms with Crippen LogP contribution in [-0.4, -0.2) is 26.2 Å². The fourth-order valence-electron chi connectivity index (χ4n) is 1.93. The minimum atomic E-state index is -0.711. The number of methoxy groups -OCH3 is 1. The molecule has 1 fully saturated rings. The number of benzene rings is 1. The van der Waals surface area contributed by atoms with Gasteiger partial charge in [0, 0.05) is 5.56 Å². The molecule has 0 bridgehead atoms. The lowest BCUT2D eigenvalue weighted by Gasteiger charge is -2.39. The van der Waals surface area contributed by atoms with Gasteiger partial charge in [-0.15, -0.1) is 0 Å². The summed E-state index contributed by atoms with van der Waals surface area (Å²) in [6.45, 7) is 2.64. The standard InChI is InChI=1S/C12H15NO3/c1-8-3-4-10(15-2)9(5-8)12(11(13)14)6-16-7-12/h3-5H,6-7H2,1-2H3,(H2,13,14). The molecule has 0 aliphatic carbocycles. The third-order valence-corrected chi connectivity index (χ3v) is 3.04. The average Bonchev–Trinajstić information content (AvgIpc) is 2.15. The zero-order valence-electron chi connectivity index (χ0n) is 9.45. The zero-order valence-corrected chi connectivity index (χ0v) is 9.45. The monoisotopic (exact) mass is 221 g/mol. The molecule has 1 aliphatic heterocycles. The van der Waals surface area contributed by atoms with Gasteiger partial charge in [0.05, 0.1) is 20.3 Å². The lowest BCUT2D eigenvalue weighted by Crippen LogP contribution is -2.56. The SMILES string of the molecule is COc1ccc(C)cc1C1(C(N)=O)COC1. The predicted molar refractivity (Wildman–Crippen MR) is 59.4 cm³/mol. The highest BCUT2D eigenvalue weighted by Crippen LogP contribution is 2.38. The number of primary amides is 1. The Kier molecular flexibility index (Phi) is 2.59. The molecule has 0 aromatic heterocycles. The van der Waals surface area contributed by atoms with Crippen LogP contribution in [0, 0.1) is 6.92 Å². The van der Waals surface area contributed by atoms with E-state index < -0.39 is 5.41 Å². The van der Waals surface area contributed by atoms with Crippen molar-refractivity contribution in [3.63, 3.8) is 0 Å². The molecular formula is C12H15NO3. The summed E-state index contributed by atoms with van der Waals surface area (Å²) in [6, 6.07) is 5.73. The van der Waals surface area contributed by atoms with Gasteiger partial charge in [0.15, 0.2) is 0 Å². The number of ether oxygens (including phenoxy) is 2. The number of amides is 1. The van der Waals surface area contributed by atoms with Crippen LogP contribution in [-0.2, 0) is 14.9 Å². The molecular weight excluding hydrogens is 206 g/mol. The minimum Gasteiger partial charge on any atom is -0.496 e. The van der Waals surface area contributed by atoms with Crippen LogP contribution in [0.1, 0.15) is 11.1 Å². The van der Waals surface area contributed by atoms with Crippen LogP contribution in [0.5, 0.6) is 5.75 Å². The van der Waals surface area contributed by atoms with Gasteiger partial charge in [-0.3, -0.25) is 4.79 Å². The Labute approximate surface area is 94.3 Å². The molecule has 0 saturated carbocycles. The van der Waals surface area contributed by atoms with Gasteiger partial charge in [-0.05, 0) is 13.0 Å². The van der Waals surface area contributed by atoms with Gasteiger partial charge in [0.2, 0.25) is 5.91 Å². The fraction of sp³-hybridized carbons (Fsp3) is 0.417. The molecule has 1 saturated heterocycles. The van der Waals surface area contributed by atoms with Gasteiger partial charge in [-0.25, -0.2) is 0 Å². The summed E-state index contributed by atoms with van der Waals surface area (Å²) in [5.41, 5.74) is 6.65. The second-order valence-electron chi connectivity index (χ2n) is 4.14. The first-order valence-corrected chi connectivity index (χ1v) is 5.13. The summed E-state index contributed by atoms with van der Waals surface area (Å²) in [7, 11) is 1.59. The summed E-state index contributed by atoms with van der Waals surface area (Å²) < 4.78 is 10.4. The Morgan fingerprint density at radius 3 is 2.62 bits per heavy atom. The second-order valence-corrected chi connectivity index (χ2v) is 4.14. The molecule has 1 heterocycles. The Hall–Kier alpha value is -1.55. The van der Waals surface area contributed by atoms with Gasteiger partial charge >= 0.3 is 0 Å². The number of rotatable bonds is 3. The van der Waals surface area contributed by atoms with E-state index in [1.54, 1.807) is 7.11 Å². The van der Waals surface area contributed by atoms with E-state index in [0.717, 1.165) is 11.1 Å². The molecule has 1 amide bonds. The van der Waals surface area contributed by atoms with E-state index in [9.17, 15) is 4.79 Å². The molecule has 4 nitrogen and oxygen atoms in total. The van der Waals surface area contributed by atoms with Gasteiger partial charge in [-0.1, -0.05) is 17.7 Å². The van der Waals surface area contributed by atoms with Gasteiger partial charge in [-0.2, -0.15) is 0 Å². The topological polar surface area (TPSA) is 61.5 Å². The third kappa shape index (κ3) is 1.46. The van der Waals surface area contributed by atoms with Crippen molar-refractivity contribution in [3.8, 4) is 5.75 Å². The van der Waals surface area contributed by atoms with E-state index in [1.807, 2.05) is 25.1 Å². The molecule has 0 radical (unpaired) electrons. The van der Waals surface area contributed by atoms with Crippen molar-refractivity contribution >= 4 is 5.91 Å². The maximum atomic E-state index is 11.6. The van der Waals surface area contributed by atoms with Crippen molar-refractivity contribution in [3.05, 3.63) is 29.3 Å². The number of carbonyl (C=O) groups excluding carboxylic acids is 1. The van der Waals surface area contributed by atoms with Crippen molar-refractivity contribution < 1.29 is 14.3 Å². The number of hydrogen-bond acceptors (Lipinski definition) is 3.